The molecule has 0 spiro atoms. The third-order valence-corrected chi connectivity index (χ3v) is 3.60. The molecule has 16 heavy (non-hydrogen) atoms. The van der Waals surface area contributed by atoms with E-state index in [4.69, 9.17) is 0 Å². The number of hydrogen-bond acceptors (Lipinski definition) is 5. The summed E-state index contributed by atoms with van der Waals surface area (Å²) in [5, 5.41) is 3.41. The Morgan fingerprint density at radius 3 is 3.00 bits per heavy atom. The molecule has 88 valence electrons. The molecule has 1 saturated heterocycles. The first-order valence-corrected chi connectivity index (χ1v) is 6.86. The molecule has 0 amide bonds. The minimum atomic E-state index is 0.838. The molecule has 0 radical (unpaired) electrons. The fraction of sp³-hybridized carbons (Fsp3) is 0.636. The highest BCUT2D eigenvalue weighted by Gasteiger charge is 2.08. The Morgan fingerprint density at radius 2 is 2.25 bits per heavy atom. The van der Waals surface area contributed by atoms with Crippen LogP contribution in [-0.2, 0) is 6.54 Å². The first-order valence-electron chi connectivity index (χ1n) is 5.71. The lowest BCUT2D eigenvalue weighted by molar-refractivity contribution is 0.301. The van der Waals surface area contributed by atoms with Gasteiger partial charge in [0.25, 0.3) is 0 Å². The molecule has 2 rings (SSSR count). The lowest BCUT2D eigenvalue weighted by Gasteiger charge is -2.26. The molecule has 1 aromatic heterocycles. The van der Waals surface area contributed by atoms with E-state index in [0.717, 1.165) is 25.3 Å². The van der Waals surface area contributed by atoms with Crippen LogP contribution in [0.4, 0.5) is 0 Å². The molecule has 4 nitrogen and oxygen atoms in total. The van der Waals surface area contributed by atoms with Gasteiger partial charge in [0, 0.05) is 50.4 Å². The molecule has 0 saturated carbocycles. The third kappa shape index (κ3) is 4.08. The van der Waals surface area contributed by atoms with Gasteiger partial charge >= 0.3 is 0 Å². The summed E-state index contributed by atoms with van der Waals surface area (Å²) in [6, 6.07) is 1.95. The first-order chi connectivity index (χ1) is 7.95. The summed E-state index contributed by atoms with van der Waals surface area (Å²) in [5.74, 6) is 2.57. The van der Waals surface area contributed by atoms with Gasteiger partial charge in [-0.05, 0) is 6.07 Å². The van der Waals surface area contributed by atoms with Gasteiger partial charge in [0.15, 0.2) is 0 Å². The minimum absolute atomic E-state index is 0.838. The quantitative estimate of drug-likeness (QED) is 0.761. The minimum Gasteiger partial charge on any atom is -0.310 e. The molecular formula is C11H18N4S. The van der Waals surface area contributed by atoms with Gasteiger partial charge in [-0.1, -0.05) is 0 Å². The van der Waals surface area contributed by atoms with E-state index in [9.17, 15) is 0 Å². The van der Waals surface area contributed by atoms with Gasteiger partial charge in [-0.15, -0.1) is 0 Å². The second-order valence-electron chi connectivity index (χ2n) is 3.83. The van der Waals surface area contributed by atoms with E-state index in [1.807, 2.05) is 6.07 Å². The Morgan fingerprint density at radius 1 is 1.38 bits per heavy atom. The zero-order valence-corrected chi connectivity index (χ0v) is 10.2. The van der Waals surface area contributed by atoms with Crippen molar-refractivity contribution in [3.8, 4) is 0 Å². The molecule has 1 fully saturated rings. The molecule has 1 aromatic rings. The van der Waals surface area contributed by atoms with Crippen molar-refractivity contribution >= 4 is 11.8 Å². The molecule has 0 atom stereocenters. The first kappa shape index (κ1) is 11.8. The fourth-order valence-electron chi connectivity index (χ4n) is 1.70. The van der Waals surface area contributed by atoms with Crippen LogP contribution in [0.1, 0.15) is 5.69 Å². The van der Waals surface area contributed by atoms with Gasteiger partial charge in [0.2, 0.25) is 0 Å². The highest BCUT2D eigenvalue weighted by atomic mass is 32.2. The average Bonchev–Trinajstić information content (AvgIpc) is 2.37. The largest absolute Gasteiger partial charge is 0.310 e. The standard InChI is InChI=1S/C11H18N4S/c1-2-13-10-14-11(1)9-12-3-4-15-5-7-16-8-6-15/h1-2,10,12H,3-9H2. The Bertz CT molecular complexity index is 287. The van der Waals surface area contributed by atoms with Gasteiger partial charge < -0.3 is 10.2 Å². The van der Waals surface area contributed by atoms with Crippen LogP contribution in [0.5, 0.6) is 0 Å². The van der Waals surface area contributed by atoms with Crippen LogP contribution in [0.3, 0.4) is 0 Å². The highest BCUT2D eigenvalue weighted by Crippen LogP contribution is 2.07. The Labute approximate surface area is 101 Å². The van der Waals surface area contributed by atoms with Crippen LogP contribution < -0.4 is 5.32 Å². The molecule has 0 aliphatic carbocycles. The molecule has 1 aliphatic heterocycles. The van der Waals surface area contributed by atoms with Crippen molar-refractivity contribution in [3.63, 3.8) is 0 Å². The predicted molar refractivity (Wildman–Crippen MR) is 67.5 cm³/mol. The van der Waals surface area contributed by atoms with E-state index in [2.05, 4.69) is 31.9 Å². The highest BCUT2D eigenvalue weighted by molar-refractivity contribution is 7.99. The molecular weight excluding hydrogens is 220 g/mol. The van der Waals surface area contributed by atoms with E-state index in [0.29, 0.717) is 0 Å². The zero-order valence-electron chi connectivity index (χ0n) is 9.43. The van der Waals surface area contributed by atoms with Gasteiger partial charge in [0.1, 0.15) is 6.33 Å². The normalized spacial score (nSPS) is 17.5. The number of nitrogens with one attached hydrogen (secondary N) is 1. The van der Waals surface area contributed by atoms with Crippen LogP contribution in [0.25, 0.3) is 0 Å². The fourth-order valence-corrected chi connectivity index (χ4v) is 2.68. The van der Waals surface area contributed by atoms with Crippen molar-refractivity contribution in [3.05, 3.63) is 24.3 Å². The maximum absolute atomic E-state index is 4.17. The summed E-state index contributed by atoms with van der Waals surface area (Å²) < 4.78 is 0. The van der Waals surface area contributed by atoms with Crippen LogP contribution in [-0.4, -0.2) is 52.6 Å². The molecule has 2 heterocycles. The molecule has 0 bridgehead atoms. The number of rotatable bonds is 5. The van der Waals surface area contributed by atoms with Crippen LogP contribution in [0.15, 0.2) is 18.6 Å². The molecule has 1 N–H and O–H groups in total. The van der Waals surface area contributed by atoms with Gasteiger partial charge in [0.05, 0.1) is 5.69 Å². The number of hydrogen-bond donors (Lipinski definition) is 1. The maximum Gasteiger partial charge on any atom is 0.115 e. The van der Waals surface area contributed by atoms with E-state index in [1.165, 1.54) is 24.6 Å². The van der Waals surface area contributed by atoms with Crippen molar-refractivity contribution in [2.24, 2.45) is 0 Å². The van der Waals surface area contributed by atoms with E-state index < -0.39 is 0 Å². The monoisotopic (exact) mass is 238 g/mol. The van der Waals surface area contributed by atoms with Crippen LogP contribution >= 0.6 is 11.8 Å². The Balaban J connectivity index is 1.58. The van der Waals surface area contributed by atoms with Crippen LogP contribution in [0.2, 0.25) is 0 Å². The number of thioether (sulfide) groups is 1. The van der Waals surface area contributed by atoms with Crippen molar-refractivity contribution in [2.45, 2.75) is 6.54 Å². The summed E-state index contributed by atoms with van der Waals surface area (Å²) in [6.45, 7) is 5.49. The SMILES string of the molecule is c1cc(CNCCN2CCSCC2)ncn1. The second kappa shape index (κ2) is 6.83. The third-order valence-electron chi connectivity index (χ3n) is 2.66. The van der Waals surface area contributed by atoms with Crippen molar-refractivity contribution < 1.29 is 0 Å². The summed E-state index contributed by atoms with van der Waals surface area (Å²) in [7, 11) is 0. The van der Waals surface area contributed by atoms with Crippen molar-refractivity contribution in [1.82, 2.24) is 20.2 Å². The lowest BCUT2D eigenvalue weighted by atomic mass is 10.4. The van der Waals surface area contributed by atoms with Gasteiger partial charge in [-0.25, -0.2) is 9.97 Å². The average molecular weight is 238 g/mol. The number of nitrogens with zero attached hydrogens (tertiary/aromatic N) is 3. The zero-order chi connectivity index (χ0) is 11.1. The van der Waals surface area contributed by atoms with E-state index >= 15 is 0 Å². The summed E-state index contributed by atoms with van der Waals surface area (Å²) in [4.78, 5) is 10.6. The van der Waals surface area contributed by atoms with Gasteiger partial charge in [-0.3, -0.25) is 0 Å². The molecule has 0 aromatic carbocycles. The topological polar surface area (TPSA) is 41.0 Å². The predicted octanol–water partition coefficient (Wildman–Crippen LogP) is 0.615. The summed E-state index contributed by atoms with van der Waals surface area (Å²) in [6.07, 6.45) is 3.38. The van der Waals surface area contributed by atoms with E-state index in [1.54, 1.807) is 12.5 Å². The molecule has 5 heteroatoms. The van der Waals surface area contributed by atoms with Crippen molar-refractivity contribution in [2.75, 3.05) is 37.7 Å². The second-order valence-corrected chi connectivity index (χ2v) is 5.06. The smallest absolute Gasteiger partial charge is 0.115 e. The van der Waals surface area contributed by atoms with E-state index in [-0.39, 0.29) is 0 Å². The maximum atomic E-state index is 4.17. The summed E-state index contributed by atoms with van der Waals surface area (Å²) >= 11 is 2.06. The summed E-state index contributed by atoms with van der Waals surface area (Å²) in [5.41, 5.74) is 1.06. The van der Waals surface area contributed by atoms with Crippen molar-refractivity contribution in [1.29, 1.82) is 0 Å². The molecule has 1 aliphatic rings. The lowest BCUT2D eigenvalue weighted by Crippen LogP contribution is -2.37. The Kier molecular flexibility index (Phi) is 5.05. The molecule has 0 unspecified atom stereocenters. The van der Waals surface area contributed by atoms with Crippen LogP contribution in [0, 0.1) is 0 Å². The number of aromatic nitrogens is 2. The van der Waals surface area contributed by atoms with Gasteiger partial charge in [-0.2, -0.15) is 11.8 Å². The Hall–Kier alpha value is -0.650.